The smallest absolute Gasteiger partial charge is 0.261 e. The Bertz CT molecular complexity index is 643. The van der Waals surface area contributed by atoms with E-state index in [2.05, 4.69) is 15.9 Å². The van der Waals surface area contributed by atoms with Crippen molar-refractivity contribution in [2.75, 3.05) is 19.1 Å². The van der Waals surface area contributed by atoms with Gasteiger partial charge in [-0.3, -0.25) is 4.79 Å². The fourth-order valence-corrected chi connectivity index (χ4v) is 2.23. The van der Waals surface area contributed by atoms with Gasteiger partial charge in [0.25, 0.3) is 5.91 Å². The van der Waals surface area contributed by atoms with Crippen LogP contribution in [0.3, 0.4) is 0 Å². The Hall–Kier alpha value is -2.01. The summed E-state index contributed by atoms with van der Waals surface area (Å²) in [7, 11) is 3.19. The summed E-state index contributed by atoms with van der Waals surface area (Å²) >= 11 is 3.25. The van der Waals surface area contributed by atoms with E-state index in [1.165, 1.54) is 11.0 Å². The fraction of sp³-hybridized carbons (Fsp3) is 0.133. The second-order valence-electron chi connectivity index (χ2n) is 4.20. The summed E-state index contributed by atoms with van der Waals surface area (Å²) in [4.78, 5) is 13.9. The van der Waals surface area contributed by atoms with Gasteiger partial charge >= 0.3 is 0 Å². The maximum atomic E-state index is 12.4. The average Bonchev–Trinajstić information content (AvgIpc) is 2.45. The van der Waals surface area contributed by atoms with Crippen molar-refractivity contribution in [1.29, 1.82) is 0 Å². The number of aromatic hydroxyl groups is 1. The van der Waals surface area contributed by atoms with Gasteiger partial charge < -0.3 is 14.7 Å². The van der Waals surface area contributed by atoms with Gasteiger partial charge in [0.15, 0.2) is 0 Å². The van der Waals surface area contributed by atoms with Crippen molar-refractivity contribution in [1.82, 2.24) is 0 Å². The van der Waals surface area contributed by atoms with Crippen LogP contribution in [0.25, 0.3) is 0 Å². The van der Waals surface area contributed by atoms with E-state index < -0.39 is 0 Å². The third-order valence-electron chi connectivity index (χ3n) is 2.94. The third-order valence-corrected chi connectivity index (χ3v) is 3.43. The molecule has 104 valence electrons. The number of phenolic OH excluding ortho intramolecular Hbond substituents is 1. The second-order valence-corrected chi connectivity index (χ2v) is 5.11. The molecule has 0 bridgehead atoms. The molecule has 0 aliphatic carbocycles. The average molecular weight is 336 g/mol. The normalized spacial score (nSPS) is 10.2. The summed E-state index contributed by atoms with van der Waals surface area (Å²) in [6.45, 7) is 0. The highest BCUT2D eigenvalue weighted by Gasteiger charge is 2.19. The topological polar surface area (TPSA) is 49.8 Å². The molecule has 0 unspecified atom stereocenters. The first kappa shape index (κ1) is 14.4. The number of anilines is 1. The summed E-state index contributed by atoms with van der Waals surface area (Å²) in [5.74, 6) is 0.227. The molecule has 2 aromatic rings. The van der Waals surface area contributed by atoms with Crippen molar-refractivity contribution in [3.8, 4) is 11.5 Å². The number of carbonyl (C=O) groups excluding carboxylic acids is 1. The van der Waals surface area contributed by atoms with Crippen molar-refractivity contribution in [2.24, 2.45) is 0 Å². The number of rotatable bonds is 3. The lowest BCUT2D eigenvalue weighted by atomic mass is 10.1. The van der Waals surface area contributed by atoms with Crippen LogP contribution in [0, 0.1) is 0 Å². The number of halogens is 1. The summed E-state index contributed by atoms with van der Waals surface area (Å²) in [5, 5.41) is 9.88. The summed E-state index contributed by atoms with van der Waals surface area (Å²) in [6, 6.07) is 12.0. The molecule has 2 rings (SSSR count). The van der Waals surface area contributed by atoms with Crippen LogP contribution in [0.1, 0.15) is 10.4 Å². The fourth-order valence-electron chi connectivity index (χ4n) is 1.88. The van der Waals surface area contributed by atoms with Gasteiger partial charge in [-0.2, -0.15) is 0 Å². The largest absolute Gasteiger partial charge is 0.507 e. The minimum Gasteiger partial charge on any atom is -0.507 e. The van der Waals surface area contributed by atoms with E-state index >= 15 is 0 Å². The van der Waals surface area contributed by atoms with Gasteiger partial charge in [-0.1, -0.05) is 28.1 Å². The lowest BCUT2D eigenvalue weighted by Crippen LogP contribution is -2.26. The molecular formula is C15H14BrNO3. The van der Waals surface area contributed by atoms with E-state index in [1.807, 2.05) is 12.1 Å². The number of carbonyl (C=O) groups is 1. The highest BCUT2D eigenvalue weighted by atomic mass is 79.9. The van der Waals surface area contributed by atoms with Crippen LogP contribution >= 0.6 is 15.9 Å². The molecule has 0 atom stereocenters. The lowest BCUT2D eigenvalue weighted by Gasteiger charge is -2.20. The molecule has 2 aromatic carbocycles. The van der Waals surface area contributed by atoms with Crippen LogP contribution in [0.5, 0.6) is 11.5 Å². The first-order valence-electron chi connectivity index (χ1n) is 5.94. The molecule has 0 spiro atoms. The third kappa shape index (κ3) is 2.77. The van der Waals surface area contributed by atoms with Crippen LogP contribution < -0.4 is 9.64 Å². The molecule has 1 N–H and O–H groups in total. The highest BCUT2D eigenvalue weighted by Crippen LogP contribution is 2.30. The number of phenols is 1. The Morgan fingerprint density at radius 3 is 2.60 bits per heavy atom. The van der Waals surface area contributed by atoms with E-state index in [-0.39, 0.29) is 17.2 Å². The van der Waals surface area contributed by atoms with E-state index in [1.54, 1.807) is 38.4 Å². The first-order chi connectivity index (χ1) is 9.54. The second kappa shape index (κ2) is 5.96. The molecule has 20 heavy (non-hydrogen) atoms. The van der Waals surface area contributed by atoms with Gasteiger partial charge in [0.2, 0.25) is 0 Å². The van der Waals surface area contributed by atoms with Crippen molar-refractivity contribution < 1.29 is 14.6 Å². The predicted octanol–water partition coefficient (Wildman–Crippen LogP) is 3.44. The van der Waals surface area contributed by atoms with Gasteiger partial charge in [0, 0.05) is 11.5 Å². The minimum atomic E-state index is -0.306. The zero-order valence-corrected chi connectivity index (χ0v) is 12.7. The van der Waals surface area contributed by atoms with Crippen LogP contribution in [0.4, 0.5) is 5.69 Å². The molecular weight excluding hydrogens is 322 g/mol. The number of nitrogens with zero attached hydrogens (tertiary/aromatic N) is 1. The maximum absolute atomic E-state index is 12.4. The molecule has 0 aliphatic rings. The predicted molar refractivity (Wildman–Crippen MR) is 81.5 cm³/mol. The van der Waals surface area contributed by atoms with E-state index in [0.29, 0.717) is 15.9 Å². The van der Waals surface area contributed by atoms with Crippen LogP contribution in [0.15, 0.2) is 46.9 Å². The van der Waals surface area contributed by atoms with Crippen molar-refractivity contribution in [2.45, 2.75) is 0 Å². The number of ether oxygens (including phenoxy) is 1. The Kier molecular flexibility index (Phi) is 4.29. The number of benzene rings is 2. The first-order valence-corrected chi connectivity index (χ1v) is 6.73. The van der Waals surface area contributed by atoms with Gasteiger partial charge in [0.1, 0.15) is 11.5 Å². The number of methoxy groups -OCH3 is 1. The molecule has 0 saturated carbocycles. The maximum Gasteiger partial charge on any atom is 0.261 e. The Labute approximate surface area is 125 Å². The quantitative estimate of drug-likeness (QED) is 0.934. The summed E-state index contributed by atoms with van der Waals surface area (Å²) < 4.78 is 5.95. The van der Waals surface area contributed by atoms with Crippen LogP contribution in [-0.2, 0) is 0 Å². The molecule has 4 nitrogen and oxygen atoms in total. The number of hydrogen-bond donors (Lipinski definition) is 1. The number of para-hydroxylation sites is 2. The van der Waals surface area contributed by atoms with Gasteiger partial charge in [-0.05, 0) is 30.3 Å². The van der Waals surface area contributed by atoms with Gasteiger partial charge in [-0.15, -0.1) is 0 Å². The zero-order chi connectivity index (χ0) is 14.7. The zero-order valence-electron chi connectivity index (χ0n) is 11.1. The Morgan fingerprint density at radius 1 is 1.25 bits per heavy atom. The van der Waals surface area contributed by atoms with E-state index in [0.717, 1.165) is 0 Å². The lowest BCUT2D eigenvalue weighted by molar-refractivity contribution is 0.0990. The molecule has 5 heteroatoms. The molecule has 0 aromatic heterocycles. The van der Waals surface area contributed by atoms with Crippen molar-refractivity contribution >= 4 is 27.5 Å². The van der Waals surface area contributed by atoms with E-state index in [4.69, 9.17) is 4.74 Å². The molecule has 0 fully saturated rings. The number of amides is 1. The molecule has 1 amide bonds. The standard InChI is InChI=1S/C15H14BrNO3/c1-17(12-5-3-4-6-14(12)20-2)15(19)11-8-7-10(16)9-13(11)18/h3-9,18H,1-2H3. The van der Waals surface area contributed by atoms with Crippen LogP contribution in [-0.4, -0.2) is 25.2 Å². The number of hydrogen-bond acceptors (Lipinski definition) is 3. The molecule has 0 aliphatic heterocycles. The summed E-state index contributed by atoms with van der Waals surface area (Å²) in [6.07, 6.45) is 0. The van der Waals surface area contributed by atoms with Gasteiger partial charge in [-0.25, -0.2) is 0 Å². The van der Waals surface area contributed by atoms with Gasteiger partial charge in [0.05, 0.1) is 18.4 Å². The SMILES string of the molecule is COc1ccccc1N(C)C(=O)c1ccc(Br)cc1O. The Morgan fingerprint density at radius 2 is 1.95 bits per heavy atom. The minimum absolute atomic E-state index is 0.0638. The molecule has 0 radical (unpaired) electrons. The summed E-state index contributed by atoms with van der Waals surface area (Å²) in [5.41, 5.74) is 0.879. The molecule has 0 heterocycles. The highest BCUT2D eigenvalue weighted by molar-refractivity contribution is 9.10. The molecule has 0 saturated heterocycles. The van der Waals surface area contributed by atoms with Crippen molar-refractivity contribution in [3.63, 3.8) is 0 Å². The van der Waals surface area contributed by atoms with E-state index in [9.17, 15) is 9.90 Å². The van der Waals surface area contributed by atoms with Crippen molar-refractivity contribution in [3.05, 3.63) is 52.5 Å². The monoisotopic (exact) mass is 335 g/mol. The van der Waals surface area contributed by atoms with Crippen LogP contribution in [0.2, 0.25) is 0 Å². The Balaban J connectivity index is 2.37.